The van der Waals surface area contributed by atoms with E-state index in [0.717, 1.165) is 31.6 Å². The van der Waals surface area contributed by atoms with Crippen LogP contribution in [0.2, 0.25) is 0 Å². The van der Waals surface area contributed by atoms with Gasteiger partial charge in [-0.3, -0.25) is 9.78 Å². The van der Waals surface area contributed by atoms with E-state index >= 15 is 0 Å². The Morgan fingerprint density at radius 2 is 2.47 bits per heavy atom. The average Bonchev–Trinajstić information content (AvgIpc) is 2.93. The first-order chi connectivity index (χ1) is 9.24. The fraction of sp³-hybridized carbons (Fsp3) is 0.571. The third kappa shape index (κ3) is 3.44. The number of rotatable bonds is 5. The molecule has 1 atom stereocenters. The number of carbonyl (C=O) groups is 1. The summed E-state index contributed by atoms with van der Waals surface area (Å²) in [6, 6.07) is 3.70. The third-order valence-electron chi connectivity index (χ3n) is 3.32. The first kappa shape index (κ1) is 13.8. The van der Waals surface area contributed by atoms with Gasteiger partial charge in [-0.25, -0.2) is 0 Å². The second-order valence-electron chi connectivity index (χ2n) is 4.75. The van der Waals surface area contributed by atoms with Crippen molar-refractivity contribution >= 4 is 11.6 Å². The monoisotopic (exact) mass is 263 g/mol. The largest absolute Gasteiger partial charge is 0.385 e. The van der Waals surface area contributed by atoms with Crippen molar-refractivity contribution in [1.82, 2.24) is 9.88 Å². The number of likely N-dealkylation sites (tertiary alicyclic amines) is 1. The molecule has 0 bridgehead atoms. The molecule has 1 aromatic rings. The molecule has 0 radical (unpaired) electrons. The van der Waals surface area contributed by atoms with Crippen molar-refractivity contribution in [3.63, 3.8) is 0 Å². The van der Waals surface area contributed by atoms with E-state index in [1.165, 1.54) is 0 Å². The van der Waals surface area contributed by atoms with Crippen LogP contribution in [0.3, 0.4) is 0 Å². The maximum Gasteiger partial charge on any atom is 0.272 e. The van der Waals surface area contributed by atoms with Crippen LogP contribution in [-0.4, -0.2) is 48.6 Å². The summed E-state index contributed by atoms with van der Waals surface area (Å²) in [7, 11) is 1.69. The molecule has 1 unspecified atom stereocenters. The van der Waals surface area contributed by atoms with E-state index in [-0.39, 0.29) is 12.0 Å². The smallest absolute Gasteiger partial charge is 0.272 e. The van der Waals surface area contributed by atoms with Crippen LogP contribution in [0.25, 0.3) is 0 Å². The first-order valence-electron chi connectivity index (χ1n) is 6.76. The Hall–Kier alpha value is -1.62. The minimum absolute atomic E-state index is 0.0142. The van der Waals surface area contributed by atoms with Gasteiger partial charge in [-0.1, -0.05) is 6.92 Å². The van der Waals surface area contributed by atoms with Gasteiger partial charge >= 0.3 is 0 Å². The Kier molecular flexibility index (Phi) is 4.74. The number of hydrogen-bond acceptors (Lipinski definition) is 4. The van der Waals surface area contributed by atoms with Crippen LogP contribution in [-0.2, 0) is 4.74 Å². The summed E-state index contributed by atoms with van der Waals surface area (Å²) in [5.74, 6) is -0.0142. The summed E-state index contributed by atoms with van der Waals surface area (Å²) in [5, 5.41) is 3.26. The second-order valence-corrected chi connectivity index (χ2v) is 4.75. The Labute approximate surface area is 114 Å². The van der Waals surface area contributed by atoms with Gasteiger partial charge in [-0.15, -0.1) is 0 Å². The molecule has 5 heteroatoms. The van der Waals surface area contributed by atoms with Crippen molar-refractivity contribution in [3.05, 3.63) is 24.0 Å². The molecule has 0 saturated carbocycles. The summed E-state index contributed by atoms with van der Waals surface area (Å²) < 4.78 is 5.28. The van der Waals surface area contributed by atoms with Crippen LogP contribution in [0.1, 0.15) is 30.3 Å². The number of anilines is 1. The highest BCUT2D eigenvalue weighted by Crippen LogP contribution is 2.16. The summed E-state index contributed by atoms with van der Waals surface area (Å²) in [6.45, 7) is 4.40. The van der Waals surface area contributed by atoms with Crippen molar-refractivity contribution in [1.29, 1.82) is 0 Å². The average molecular weight is 263 g/mol. The van der Waals surface area contributed by atoms with Crippen LogP contribution in [0.5, 0.6) is 0 Å². The molecule has 19 heavy (non-hydrogen) atoms. The van der Waals surface area contributed by atoms with Gasteiger partial charge in [0.25, 0.3) is 5.91 Å². The van der Waals surface area contributed by atoms with Gasteiger partial charge in [0.15, 0.2) is 0 Å². The minimum Gasteiger partial charge on any atom is -0.385 e. The lowest BCUT2D eigenvalue weighted by Crippen LogP contribution is -2.30. The van der Waals surface area contributed by atoms with Gasteiger partial charge in [-0.05, 0) is 25.0 Å². The van der Waals surface area contributed by atoms with Gasteiger partial charge in [0.1, 0.15) is 5.69 Å². The Bertz CT molecular complexity index is 436. The zero-order chi connectivity index (χ0) is 13.7. The predicted molar refractivity (Wildman–Crippen MR) is 74.3 cm³/mol. The third-order valence-corrected chi connectivity index (χ3v) is 3.32. The van der Waals surface area contributed by atoms with E-state index in [0.29, 0.717) is 12.2 Å². The van der Waals surface area contributed by atoms with E-state index in [1.54, 1.807) is 18.2 Å². The molecule has 0 aromatic carbocycles. The topological polar surface area (TPSA) is 54.5 Å². The number of hydrogen-bond donors (Lipinski definition) is 1. The van der Waals surface area contributed by atoms with Crippen LogP contribution < -0.4 is 5.32 Å². The lowest BCUT2D eigenvalue weighted by atomic mass is 10.3. The molecule has 1 N–H and O–H groups in total. The number of methoxy groups -OCH3 is 1. The van der Waals surface area contributed by atoms with Crippen LogP contribution in [0, 0.1) is 0 Å². The highest BCUT2D eigenvalue weighted by Gasteiger charge is 2.27. The van der Waals surface area contributed by atoms with E-state index in [2.05, 4.69) is 17.2 Å². The van der Waals surface area contributed by atoms with Crippen molar-refractivity contribution in [2.75, 3.05) is 32.1 Å². The lowest BCUT2D eigenvalue weighted by molar-refractivity contribution is 0.0719. The number of ether oxygens (including phenoxy) is 1. The van der Waals surface area contributed by atoms with E-state index < -0.39 is 0 Å². The minimum atomic E-state index is -0.0142. The van der Waals surface area contributed by atoms with Crippen LogP contribution in [0.15, 0.2) is 18.3 Å². The van der Waals surface area contributed by atoms with Crippen molar-refractivity contribution < 1.29 is 9.53 Å². The molecule has 104 valence electrons. The SMILES string of the molecule is CCCNc1ccnc(C(=O)N2CCC(OC)C2)c1. The quantitative estimate of drug-likeness (QED) is 0.879. The first-order valence-corrected chi connectivity index (χ1v) is 6.76. The Morgan fingerprint density at radius 1 is 1.63 bits per heavy atom. The standard InChI is InChI=1S/C14H21N3O2/c1-3-6-15-11-4-7-16-13(9-11)14(18)17-8-5-12(10-17)19-2/h4,7,9,12H,3,5-6,8,10H2,1-2H3,(H,15,16). The van der Waals surface area contributed by atoms with Crippen LogP contribution >= 0.6 is 0 Å². The maximum absolute atomic E-state index is 12.3. The van der Waals surface area contributed by atoms with E-state index in [1.807, 2.05) is 12.1 Å². The van der Waals surface area contributed by atoms with Crippen molar-refractivity contribution in [2.24, 2.45) is 0 Å². The number of amides is 1. The zero-order valence-electron chi connectivity index (χ0n) is 11.6. The maximum atomic E-state index is 12.3. The summed E-state index contributed by atoms with van der Waals surface area (Å²) >= 11 is 0. The van der Waals surface area contributed by atoms with E-state index in [4.69, 9.17) is 4.74 Å². The molecule has 0 aliphatic carbocycles. The number of aromatic nitrogens is 1. The van der Waals surface area contributed by atoms with E-state index in [9.17, 15) is 4.79 Å². The number of nitrogens with zero attached hydrogens (tertiary/aromatic N) is 2. The number of pyridine rings is 1. The highest BCUT2D eigenvalue weighted by molar-refractivity contribution is 5.93. The molecule has 1 amide bonds. The highest BCUT2D eigenvalue weighted by atomic mass is 16.5. The van der Waals surface area contributed by atoms with Crippen molar-refractivity contribution in [3.8, 4) is 0 Å². The molecular formula is C14H21N3O2. The molecule has 1 aromatic heterocycles. The molecule has 1 aliphatic heterocycles. The molecule has 5 nitrogen and oxygen atoms in total. The molecule has 1 saturated heterocycles. The summed E-state index contributed by atoms with van der Waals surface area (Å²) in [5.41, 5.74) is 1.44. The fourth-order valence-electron chi connectivity index (χ4n) is 2.19. The summed E-state index contributed by atoms with van der Waals surface area (Å²) in [4.78, 5) is 18.3. The van der Waals surface area contributed by atoms with Gasteiger partial charge in [0.05, 0.1) is 6.10 Å². The summed E-state index contributed by atoms with van der Waals surface area (Å²) in [6.07, 6.45) is 3.78. The molecule has 2 heterocycles. The van der Waals surface area contributed by atoms with Crippen molar-refractivity contribution in [2.45, 2.75) is 25.9 Å². The normalized spacial score (nSPS) is 18.6. The second kappa shape index (κ2) is 6.52. The zero-order valence-corrected chi connectivity index (χ0v) is 11.6. The van der Waals surface area contributed by atoms with Gasteiger partial charge in [0.2, 0.25) is 0 Å². The Morgan fingerprint density at radius 3 is 3.16 bits per heavy atom. The fourth-order valence-corrected chi connectivity index (χ4v) is 2.19. The Balaban J connectivity index is 2.02. The molecule has 1 fully saturated rings. The molecule has 2 rings (SSSR count). The molecule has 1 aliphatic rings. The van der Waals surface area contributed by atoms with Crippen LogP contribution in [0.4, 0.5) is 5.69 Å². The molecule has 0 spiro atoms. The number of carbonyl (C=O) groups excluding carboxylic acids is 1. The van der Waals surface area contributed by atoms with Gasteiger partial charge < -0.3 is 15.0 Å². The molecular weight excluding hydrogens is 242 g/mol. The van der Waals surface area contributed by atoms with Gasteiger partial charge in [-0.2, -0.15) is 0 Å². The number of nitrogens with one attached hydrogen (secondary N) is 1. The van der Waals surface area contributed by atoms with Gasteiger partial charge in [0, 0.05) is 38.6 Å². The lowest BCUT2D eigenvalue weighted by Gasteiger charge is -2.16. The predicted octanol–water partition coefficient (Wildman–Crippen LogP) is 1.76.